The highest BCUT2D eigenvalue weighted by atomic mass is 32.1. The molecule has 0 aliphatic heterocycles. The van der Waals surface area contributed by atoms with Gasteiger partial charge in [0.1, 0.15) is 0 Å². The summed E-state index contributed by atoms with van der Waals surface area (Å²) in [6.07, 6.45) is 0. The number of thiophene rings is 1. The quantitative estimate of drug-likeness (QED) is 0.357. The second-order valence-corrected chi connectivity index (χ2v) is 7.70. The zero-order valence-electron chi connectivity index (χ0n) is 16.1. The molecule has 0 atom stereocenters. The summed E-state index contributed by atoms with van der Waals surface area (Å²) >= 11 is 1.79. The van der Waals surface area contributed by atoms with Crippen LogP contribution in [-0.2, 0) is 16.7 Å². The number of guanidine groups is 1. The maximum atomic E-state index is 5.04. The average molecular weight is 375 g/mol. The number of hydrogen-bond acceptors (Lipinski definition) is 4. The summed E-state index contributed by atoms with van der Waals surface area (Å²) in [7, 11) is 3.51. The number of hydrogen-bond donors (Lipinski definition) is 3. The third-order valence-corrected chi connectivity index (χ3v) is 5.39. The second kappa shape index (κ2) is 10.2. The lowest BCUT2D eigenvalue weighted by Crippen LogP contribution is -2.42. The van der Waals surface area contributed by atoms with Gasteiger partial charge in [-0.3, -0.25) is 4.99 Å². The summed E-state index contributed by atoms with van der Waals surface area (Å²) in [5.41, 5.74) is 2.38. The van der Waals surface area contributed by atoms with Crippen LogP contribution in [0.15, 0.2) is 46.8 Å². The van der Waals surface area contributed by atoms with E-state index in [2.05, 4.69) is 76.6 Å². The van der Waals surface area contributed by atoms with E-state index in [-0.39, 0.29) is 5.41 Å². The zero-order valence-corrected chi connectivity index (χ0v) is 17.0. The summed E-state index contributed by atoms with van der Waals surface area (Å²) in [4.78, 5) is 5.70. The molecule has 0 radical (unpaired) electrons. The van der Waals surface area contributed by atoms with Crippen molar-refractivity contribution >= 4 is 23.0 Å². The number of methoxy groups -OCH3 is 1. The van der Waals surface area contributed by atoms with E-state index in [1.54, 1.807) is 25.5 Å². The third-order valence-electron chi connectivity index (χ3n) is 4.16. The summed E-state index contributed by atoms with van der Waals surface area (Å²) in [6, 6.07) is 12.7. The smallest absolute Gasteiger partial charge is 0.191 e. The first-order chi connectivity index (χ1) is 12.5. The Morgan fingerprint density at radius 1 is 1.15 bits per heavy atom. The predicted octanol–water partition coefficient (Wildman–Crippen LogP) is 3.45. The van der Waals surface area contributed by atoms with Gasteiger partial charge in [0.25, 0.3) is 0 Å². The lowest BCUT2D eigenvalue weighted by molar-refractivity contribution is 0.211. The summed E-state index contributed by atoms with van der Waals surface area (Å²) in [5.74, 6) is 0.817. The molecule has 142 valence electrons. The average Bonchev–Trinajstić information content (AvgIpc) is 3.19. The molecule has 1 aromatic carbocycles. The Kier molecular flexibility index (Phi) is 7.94. The first-order valence-electron chi connectivity index (χ1n) is 8.85. The minimum absolute atomic E-state index is 0.0707. The Balaban J connectivity index is 1.79. The molecule has 5 nitrogen and oxygen atoms in total. The van der Waals surface area contributed by atoms with Crippen molar-refractivity contribution in [3.8, 4) is 0 Å². The molecule has 2 rings (SSSR count). The normalized spacial score (nSPS) is 12.1. The number of ether oxygens (including phenoxy) is 1. The van der Waals surface area contributed by atoms with Crippen molar-refractivity contribution in [2.24, 2.45) is 4.99 Å². The van der Waals surface area contributed by atoms with Gasteiger partial charge in [0, 0.05) is 49.8 Å². The first-order valence-corrected chi connectivity index (χ1v) is 9.73. The van der Waals surface area contributed by atoms with Gasteiger partial charge in [-0.15, -0.1) is 11.3 Å². The van der Waals surface area contributed by atoms with Gasteiger partial charge in [0.05, 0.1) is 6.61 Å². The highest BCUT2D eigenvalue weighted by Crippen LogP contribution is 2.26. The van der Waals surface area contributed by atoms with E-state index in [1.165, 1.54) is 10.4 Å². The molecule has 1 heterocycles. The first kappa shape index (κ1) is 20.3. The van der Waals surface area contributed by atoms with Gasteiger partial charge in [-0.25, -0.2) is 0 Å². The SMILES string of the molecule is CN=C(NCc1ccc(NCCOC)cc1)NCC(C)(C)c1cccs1. The monoisotopic (exact) mass is 374 g/mol. The van der Waals surface area contributed by atoms with E-state index in [1.807, 2.05) is 0 Å². The van der Waals surface area contributed by atoms with E-state index < -0.39 is 0 Å². The fraction of sp³-hybridized carbons (Fsp3) is 0.450. The Labute approximate surface area is 160 Å². The molecule has 0 unspecified atom stereocenters. The number of nitrogens with one attached hydrogen (secondary N) is 3. The van der Waals surface area contributed by atoms with Crippen molar-refractivity contribution in [1.29, 1.82) is 0 Å². The minimum Gasteiger partial charge on any atom is -0.383 e. The number of anilines is 1. The van der Waals surface area contributed by atoms with E-state index in [0.717, 1.165) is 31.3 Å². The molecule has 0 aliphatic carbocycles. The maximum absolute atomic E-state index is 5.04. The fourth-order valence-electron chi connectivity index (χ4n) is 2.50. The molecule has 0 fully saturated rings. The van der Waals surface area contributed by atoms with Crippen LogP contribution in [0.5, 0.6) is 0 Å². The molecule has 6 heteroatoms. The molecule has 0 amide bonds. The van der Waals surface area contributed by atoms with E-state index in [0.29, 0.717) is 6.61 Å². The molecule has 1 aromatic heterocycles. The predicted molar refractivity (Wildman–Crippen MR) is 112 cm³/mol. The van der Waals surface area contributed by atoms with E-state index >= 15 is 0 Å². The lowest BCUT2D eigenvalue weighted by Gasteiger charge is -2.25. The van der Waals surface area contributed by atoms with Crippen LogP contribution in [0.25, 0.3) is 0 Å². The van der Waals surface area contributed by atoms with Gasteiger partial charge >= 0.3 is 0 Å². The summed E-state index contributed by atoms with van der Waals surface area (Å²) in [6.45, 7) is 7.56. The van der Waals surface area contributed by atoms with Crippen molar-refractivity contribution < 1.29 is 4.74 Å². The van der Waals surface area contributed by atoms with Crippen LogP contribution in [0.2, 0.25) is 0 Å². The molecule has 0 saturated heterocycles. The van der Waals surface area contributed by atoms with E-state index in [4.69, 9.17) is 4.74 Å². The Hall–Kier alpha value is -2.05. The molecular formula is C20H30N4OS. The zero-order chi connectivity index (χ0) is 18.8. The second-order valence-electron chi connectivity index (χ2n) is 6.76. The van der Waals surface area contributed by atoms with Crippen molar-refractivity contribution in [2.45, 2.75) is 25.8 Å². The number of aliphatic imine (C=N–C) groups is 1. The highest BCUT2D eigenvalue weighted by Gasteiger charge is 2.21. The van der Waals surface area contributed by atoms with Gasteiger partial charge < -0.3 is 20.7 Å². The largest absolute Gasteiger partial charge is 0.383 e. The third kappa shape index (κ3) is 6.35. The molecule has 3 N–H and O–H groups in total. The van der Waals surface area contributed by atoms with E-state index in [9.17, 15) is 0 Å². The Morgan fingerprint density at radius 2 is 1.92 bits per heavy atom. The minimum atomic E-state index is 0.0707. The molecule has 0 aliphatic rings. The van der Waals surface area contributed by atoms with Crippen LogP contribution >= 0.6 is 11.3 Å². The highest BCUT2D eigenvalue weighted by molar-refractivity contribution is 7.10. The lowest BCUT2D eigenvalue weighted by atomic mass is 9.91. The molecule has 0 spiro atoms. The topological polar surface area (TPSA) is 57.7 Å². The van der Waals surface area contributed by atoms with Crippen LogP contribution in [0.3, 0.4) is 0 Å². The molecule has 2 aromatic rings. The van der Waals surface area contributed by atoms with Gasteiger partial charge in [0.15, 0.2) is 5.96 Å². The summed E-state index contributed by atoms with van der Waals surface area (Å²) < 4.78 is 5.04. The van der Waals surface area contributed by atoms with Crippen LogP contribution in [-0.4, -0.2) is 39.8 Å². The number of nitrogens with zero attached hydrogens (tertiary/aromatic N) is 1. The van der Waals surface area contributed by atoms with Crippen molar-refractivity contribution in [3.05, 3.63) is 52.2 Å². The number of benzene rings is 1. The molecule has 26 heavy (non-hydrogen) atoms. The Bertz CT molecular complexity index is 666. The Morgan fingerprint density at radius 3 is 2.54 bits per heavy atom. The number of rotatable bonds is 9. The molecular weight excluding hydrogens is 344 g/mol. The maximum Gasteiger partial charge on any atom is 0.191 e. The van der Waals surface area contributed by atoms with Gasteiger partial charge in [-0.1, -0.05) is 32.0 Å². The van der Waals surface area contributed by atoms with Crippen molar-refractivity contribution in [2.75, 3.05) is 39.2 Å². The molecule has 0 saturated carbocycles. The van der Waals surface area contributed by atoms with Crippen LogP contribution in [0, 0.1) is 0 Å². The summed E-state index contributed by atoms with van der Waals surface area (Å²) in [5, 5.41) is 12.3. The van der Waals surface area contributed by atoms with Gasteiger partial charge in [-0.05, 0) is 29.1 Å². The van der Waals surface area contributed by atoms with Crippen LogP contribution < -0.4 is 16.0 Å². The fourth-order valence-corrected chi connectivity index (χ4v) is 3.35. The van der Waals surface area contributed by atoms with Crippen molar-refractivity contribution in [1.82, 2.24) is 10.6 Å². The van der Waals surface area contributed by atoms with Gasteiger partial charge in [0.2, 0.25) is 0 Å². The van der Waals surface area contributed by atoms with Crippen LogP contribution in [0.4, 0.5) is 5.69 Å². The van der Waals surface area contributed by atoms with Crippen LogP contribution in [0.1, 0.15) is 24.3 Å². The van der Waals surface area contributed by atoms with Crippen molar-refractivity contribution in [3.63, 3.8) is 0 Å². The van der Waals surface area contributed by atoms with Gasteiger partial charge in [-0.2, -0.15) is 0 Å². The molecule has 0 bridgehead atoms. The standard InChI is InChI=1S/C20H30N4OS/c1-20(2,18-6-5-13-26-18)15-24-19(21-3)23-14-16-7-9-17(10-8-16)22-11-12-25-4/h5-10,13,22H,11-12,14-15H2,1-4H3,(H2,21,23,24).